The first-order valence-electron chi connectivity index (χ1n) is 16.9. The molecule has 0 amide bonds. The standard InChI is InChI=1S/C10H13NS.C8H11ClS.2C8H12S.C7H9BrS/c1-6(2)9-7(3)10(11-5)12-8(9)4;1-5(2)7-4-6(3)8(9)10-7;1-6(2)8-4-7(3)9-5-8;1-6(2)8-5-4-7(3)9-8;1-5(2)6-3-4-7(8)9-6/h6H,1-4H3;4-5H,1-3H3;2*4-6H,1-3H3;3-5H,1-2H3. The molecule has 5 rings (SSSR count). The summed E-state index contributed by atoms with van der Waals surface area (Å²) in [5.41, 5.74) is 5.22. The molecule has 0 aromatic carbocycles. The molecule has 0 spiro atoms. The van der Waals surface area contributed by atoms with E-state index in [-0.39, 0.29) is 0 Å². The zero-order chi connectivity index (χ0) is 37.6. The maximum absolute atomic E-state index is 6.97. The number of halogens is 2. The molecule has 0 aliphatic rings. The monoisotopic (exact) mass is 837 g/mol. The van der Waals surface area contributed by atoms with Gasteiger partial charge >= 0.3 is 0 Å². The van der Waals surface area contributed by atoms with Crippen molar-refractivity contribution in [3.05, 3.63) is 113 Å². The highest BCUT2D eigenvalue weighted by molar-refractivity contribution is 9.11. The minimum absolute atomic E-state index is 0.539. The first kappa shape index (κ1) is 45.8. The average Bonchev–Trinajstić information content (AvgIpc) is 3.84. The maximum Gasteiger partial charge on any atom is 0.244 e. The quantitative estimate of drug-likeness (QED) is 0.155. The van der Waals surface area contributed by atoms with Gasteiger partial charge < -0.3 is 0 Å². The van der Waals surface area contributed by atoms with Gasteiger partial charge in [-0.05, 0) is 149 Å². The highest BCUT2D eigenvalue weighted by atomic mass is 79.9. The molecule has 5 aromatic heterocycles. The molecule has 0 saturated heterocycles. The van der Waals surface area contributed by atoms with E-state index in [9.17, 15) is 0 Å². The number of hydrogen-bond acceptors (Lipinski definition) is 5. The van der Waals surface area contributed by atoms with Crippen molar-refractivity contribution in [1.82, 2.24) is 0 Å². The summed E-state index contributed by atoms with van der Waals surface area (Å²) in [4.78, 5) is 11.9. The van der Waals surface area contributed by atoms with Crippen LogP contribution in [0.15, 0.2) is 45.6 Å². The van der Waals surface area contributed by atoms with Crippen molar-refractivity contribution in [2.24, 2.45) is 0 Å². The van der Waals surface area contributed by atoms with Gasteiger partial charge in [0.05, 0.1) is 14.7 Å². The van der Waals surface area contributed by atoms with Crippen molar-refractivity contribution in [2.75, 3.05) is 0 Å². The lowest BCUT2D eigenvalue weighted by Crippen LogP contribution is -1.88. The molecule has 8 heteroatoms. The Kier molecular flexibility index (Phi) is 21.2. The summed E-state index contributed by atoms with van der Waals surface area (Å²) < 4.78 is 2.16. The van der Waals surface area contributed by atoms with Gasteiger partial charge in [0, 0.05) is 24.4 Å². The van der Waals surface area contributed by atoms with Crippen molar-refractivity contribution >= 4 is 89.2 Å². The molecule has 0 unspecified atom stereocenters. The van der Waals surface area contributed by atoms with Crippen molar-refractivity contribution < 1.29 is 0 Å². The number of aryl methyl sites for hydroxylation is 4. The number of hydrogen-bond donors (Lipinski definition) is 0. The molecule has 0 N–H and O–H groups in total. The third-order valence-electron chi connectivity index (χ3n) is 7.39. The van der Waals surface area contributed by atoms with Crippen LogP contribution in [0.25, 0.3) is 4.85 Å². The van der Waals surface area contributed by atoms with Crippen LogP contribution in [-0.4, -0.2) is 0 Å². The molecule has 0 fully saturated rings. The van der Waals surface area contributed by atoms with Gasteiger partial charge in [-0.2, -0.15) is 11.3 Å². The van der Waals surface area contributed by atoms with Crippen molar-refractivity contribution in [1.29, 1.82) is 0 Å². The Bertz CT molecular complexity index is 1580. The summed E-state index contributed by atoms with van der Waals surface area (Å²) in [6.07, 6.45) is 0. The van der Waals surface area contributed by atoms with Crippen LogP contribution in [0.5, 0.6) is 0 Å². The van der Waals surface area contributed by atoms with E-state index in [2.05, 4.69) is 153 Å². The minimum atomic E-state index is 0.539. The van der Waals surface area contributed by atoms with Crippen LogP contribution in [-0.2, 0) is 0 Å². The molecule has 0 saturated carbocycles. The summed E-state index contributed by atoms with van der Waals surface area (Å²) in [6.45, 7) is 39.5. The molecular weight excluding hydrogens is 782 g/mol. The second-order valence-corrected chi connectivity index (χ2v) is 21.4. The summed E-state index contributed by atoms with van der Waals surface area (Å²) in [5, 5.41) is 3.09. The number of rotatable bonds is 5. The Morgan fingerprint density at radius 3 is 1.41 bits per heavy atom. The summed E-state index contributed by atoms with van der Waals surface area (Å²) in [7, 11) is 0. The molecule has 0 aliphatic heterocycles. The molecule has 0 bridgehead atoms. The lowest BCUT2D eigenvalue weighted by atomic mass is 10.0. The normalized spacial score (nSPS) is 10.6. The smallest absolute Gasteiger partial charge is 0.226 e. The molecule has 0 radical (unpaired) electrons. The lowest BCUT2D eigenvalue weighted by molar-refractivity contribution is 0.856. The van der Waals surface area contributed by atoms with Crippen LogP contribution in [0.3, 0.4) is 0 Å². The maximum atomic E-state index is 6.97. The number of thiophene rings is 5. The van der Waals surface area contributed by atoms with E-state index in [4.69, 9.17) is 18.2 Å². The fraction of sp³-hybridized carbons (Fsp3) is 0.488. The van der Waals surface area contributed by atoms with E-state index in [0.717, 1.165) is 9.34 Å². The third kappa shape index (κ3) is 16.3. The Labute approximate surface area is 332 Å². The molecule has 5 heterocycles. The van der Waals surface area contributed by atoms with Crippen molar-refractivity contribution in [3.8, 4) is 0 Å². The first-order chi connectivity index (χ1) is 22.8. The number of nitrogens with zero attached hydrogens (tertiary/aromatic N) is 1. The van der Waals surface area contributed by atoms with E-state index in [1.54, 1.807) is 22.7 Å². The van der Waals surface area contributed by atoms with Gasteiger partial charge in [-0.1, -0.05) is 80.8 Å². The van der Waals surface area contributed by atoms with Crippen LogP contribution >= 0.6 is 84.2 Å². The topological polar surface area (TPSA) is 4.36 Å². The van der Waals surface area contributed by atoms with E-state index >= 15 is 0 Å². The van der Waals surface area contributed by atoms with Crippen LogP contribution in [0.1, 0.15) is 150 Å². The zero-order valence-electron chi connectivity index (χ0n) is 32.2. The Morgan fingerprint density at radius 2 is 1.18 bits per heavy atom. The zero-order valence-corrected chi connectivity index (χ0v) is 38.6. The van der Waals surface area contributed by atoms with E-state index < -0.39 is 0 Å². The van der Waals surface area contributed by atoms with Crippen molar-refractivity contribution in [2.45, 2.75) is 133 Å². The minimum Gasteiger partial charge on any atom is -0.226 e. The highest BCUT2D eigenvalue weighted by Crippen LogP contribution is 2.38. The Hall–Kier alpha value is -1.24. The molecule has 270 valence electrons. The van der Waals surface area contributed by atoms with Crippen LogP contribution in [0, 0.1) is 41.2 Å². The predicted octanol–water partition coefficient (Wildman–Crippen LogP) is 17.9. The first-order valence-corrected chi connectivity index (χ1v) is 22.2. The Balaban J connectivity index is 0.000000308. The molecule has 0 aliphatic carbocycles. The average molecular weight is 840 g/mol. The second-order valence-electron chi connectivity index (χ2n) is 13.6. The summed E-state index contributed by atoms with van der Waals surface area (Å²) in [5.74, 6) is 3.20. The van der Waals surface area contributed by atoms with Gasteiger partial charge in [0.1, 0.15) is 0 Å². The van der Waals surface area contributed by atoms with Crippen molar-refractivity contribution in [3.63, 3.8) is 0 Å². The van der Waals surface area contributed by atoms with E-state index in [1.807, 2.05) is 47.9 Å². The van der Waals surface area contributed by atoms with Gasteiger partial charge in [0.25, 0.3) is 0 Å². The fourth-order valence-corrected chi connectivity index (χ4v) is 10.0. The van der Waals surface area contributed by atoms with Crippen LogP contribution in [0.2, 0.25) is 4.34 Å². The van der Waals surface area contributed by atoms with Gasteiger partial charge in [-0.3, -0.25) is 0 Å². The molecule has 49 heavy (non-hydrogen) atoms. The van der Waals surface area contributed by atoms with Crippen LogP contribution in [0.4, 0.5) is 5.00 Å². The van der Waals surface area contributed by atoms with E-state index in [0.29, 0.717) is 29.6 Å². The summed E-state index contributed by atoms with van der Waals surface area (Å²) in [6, 6.07) is 13.1. The molecule has 5 aromatic rings. The summed E-state index contributed by atoms with van der Waals surface area (Å²) >= 11 is 18.2. The van der Waals surface area contributed by atoms with Gasteiger partial charge in [-0.25, -0.2) is 4.85 Å². The van der Waals surface area contributed by atoms with E-state index in [1.165, 1.54) is 55.3 Å². The molecule has 0 atom stereocenters. The second kappa shape index (κ2) is 22.6. The van der Waals surface area contributed by atoms with Gasteiger partial charge in [0.15, 0.2) is 0 Å². The SMILES string of the molecule is CC(C)c1ccc(Br)s1.Cc1cc(C(C)C)cs1.Cc1cc(C(C)C)sc1Cl.Cc1ccc(C(C)C)s1.[C-]#[N+]c1sc(C)c(C(C)C)c1C. The predicted molar refractivity (Wildman–Crippen MR) is 235 cm³/mol. The molecule has 1 nitrogen and oxygen atoms in total. The lowest BCUT2D eigenvalue weighted by Gasteiger charge is -2.05. The largest absolute Gasteiger partial charge is 0.244 e. The van der Waals surface area contributed by atoms with Gasteiger partial charge in [0.2, 0.25) is 5.00 Å². The van der Waals surface area contributed by atoms with Crippen LogP contribution < -0.4 is 0 Å². The van der Waals surface area contributed by atoms with Gasteiger partial charge in [-0.15, -0.1) is 45.3 Å². The third-order valence-corrected chi connectivity index (χ3v) is 14.5. The molecular formula is C41H57BrClNS5. The fourth-order valence-electron chi connectivity index (χ4n) is 4.54. The highest BCUT2D eigenvalue weighted by Gasteiger charge is 2.13. The Morgan fingerprint density at radius 1 is 0.633 bits per heavy atom.